The number of hydrazine groups is 1. The van der Waals surface area contributed by atoms with E-state index in [1.165, 1.54) is 11.8 Å². The predicted molar refractivity (Wildman–Crippen MR) is 121 cm³/mol. The summed E-state index contributed by atoms with van der Waals surface area (Å²) in [5.41, 5.74) is 3.23. The number of rotatable bonds is 8. The van der Waals surface area contributed by atoms with Gasteiger partial charge in [-0.15, -0.1) is 10.2 Å². The van der Waals surface area contributed by atoms with Crippen molar-refractivity contribution >= 4 is 29.6 Å². The molecule has 0 radical (unpaired) electrons. The summed E-state index contributed by atoms with van der Waals surface area (Å²) in [5.74, 6) is 0.291. The quantitative estimate of drug-likeness (QED) is 0.385. The molecule has 1 aliphatic rings. The first-order valence-electron chi connectivity index (χ1n) is 10.4. The van der Waals surface area contributed by atoms with Crippen LogP contribution in [0.5, 0.6) is 0 Å². The molecule has 11 heteroatoms. The van der Waals surface area contributed by atoms with Crippen LogP contribution in [0.25, 0.3) is 11.4 Å². The van der Waals surface area contributed by atoms with Crippen LogP contribution in [-0.4, -0.2) is 48.9 Å². The summed E-state index contributed by atoms with van der Waals surface area (Å²) in [6, 6.07) is 11.0. The van der Waals surface area contributed by atoms with Crippen molar-refractivity contribution in [3.63, 3.8) is 0 Å². The number of amides is 4. The summed E-state index contributed by atoms with van der Waals surface area (Å²) in [7, 11) is 0. The maximum absolute atomic E-state index is 12.5. The molecule has 1 aromatic carbocycles. The molecule has 0 bridgehead atoms. The van der Waals surface area contributed by atoms with Crippen molar-refractivity contribution in [2.24, 2.45) is 0 Å². The first-order chi connectivity index (χ1) is 15.8. The minimum Gasteiger partial charge on any atom is -0.469 e. The smallest absolute Gasteiger partial charge is 0.344 e. The van der Waals surface area contributed by atoms with Gasteiger partial charge in [0.15, 0.2) is 11.0 Å². The SMILES string of the molecule is CC[C@@]1(C)NC(=O)N(NC(=O)CSc2nnc(-c3ccoc3C)n2Cc2ccccc2)C1=O. The largest absolute Gasteiger partial charge is 0.469 e. The van der Waals surface area contributed by atoms with Crippen LogP contribution in [0, 0.1) is 6.92 Å². The van der Waals surface area contributed by atoms with Gasteiger partial charge in [-0.25, -0.2) is 4.79 Å². The van der Waals surface area contributed by atoms with Crippen molar-refractivity contribution in [3.8, 4) is 11.4 Å². The molecule has 0 aliphatic carbocycles. The summed E-state index contributed by atoms with van der Waals surface area (Å²) in [5, 5.41) is 12.5. The van der Waals surface area contributed by atoms with E-state index in [0.717, 1.165) is 16.1 Å². The lowest BCUT2D eigenvalue weighted by atomic mass is 10.00. The van der Waals surface area contributed by atoms with E-state index in [4.69, 9.17) is 4.42 Å². The van der Waals surface area contributed by atoms with Crippen LogP contribution >= 0.6 is 11.8 Å². The Morgan fingerprint density at radius 2 is 1.97 bits per heavy atom. The molecular weight excluding hydrogens is 444 g/mol. The van der Waals surface area contributed by atoms with Crippen molar-refractivity contribution in [2.45, 2.75) is 44.4 Å². The molecule has 4 rings (SSSR count). The minimum atomic E-state index is -1.02. The number of nitrogens with one attached hydrogen (secondary N) is 2. The highest BCUT2D eigenvalue weighted by atomic mass is 32.2. The van der Waals surface area contributed by atoms with Crippen LogP contribution in [-0.2, 0) is 16.1 Å². The minimum absolute atomic E-state index is 0.0583. The van der Waals surface area contributed by atoms with Gasteiger partial charge < -0.3 is 9.73 Å². The topological polar surface area (TPSA) is 122 Å². The van der Waals surface area contributed by atoms with E-state index >= 15 is 0 Å². The van der Waals surface area contributed by atoms with Crippen LogP contribution in [0.1, 0.15) is 31.6 Å². The van der Waals surface area contributed by atoms with Crippen molar-refractivity contribution in [3.05, 3.63) is 54.0 Å². The maximum atomic E-state index is 12.5. The highest BCUT2D eigenvalue weighted by Crippen LogP contribution is 2.28. The maximum Gasteiger partial charge on any atom is 0.344 e. The van der Waals surface area contributed by atoms with Crippen LogP contribution in [0.2, 0.25) is 0 Å². The van der Waals surface area contributed by atoms with Crippen LogP contribution in [0.3, 0.4) is 0 Å². The number of thioether (sulfide) groups is 1. The van der Waals surface area contributed by atoms with Crippen molar-refractivity contribution < 1.29 is 18.8 Å². The zero-order valence-electron chi connectivity index (χ0n) is 18.5. The summed E-state index contributed by atoms with van der Waals surface area (Å²) in [6.07, 6.45) is 2.01. The van der Waals surface area contributed by atoms with E-state index in [0.29, 0.717) is 29.7 Å². The molecule has 4 amide bonds. The van der Waals surface area contributed by atoms with E-state index in [-0.39, 0.29) is 5.75 Å². The molecule has 0 unspecified atom stereocenters. The van der Waals surface area contributed by atoms with Crippen molar-refractivity contribution in [1.29, 1.82) is 0 Å². The Kier molecular flexibility index (Phi) is 6.23. The number of carbonyl (C=O) groups excluding carboxylic acids is 3. The number of carbonyl (C=O) groups is 3. The Bertz CT molecular complexity index is 1190. The van der Waals surface area contributed by atoms with Crippen molar-refractivity contribution in [2.75, 3.05) is 5.75 Å². The van der Waals surface area contributed by atoms with E-state index in [1.54, 1.807) is 20.1 Å². The number of hydrogen-bond donors (Lipinski definition) is 2. The standard InChI is InChI=1S/C22H24N6O4S/c1-4-22(3)19(30)28(20(31)23-22)26-17(29)13-33-21-25-24-18(16-10-11-32-14(16)2)27(21)12-15-8-6-5-7-9-15/h5-11H,4,12-13H2,1-3H3,(H,23,31)(H,26,29)/t22-/m1/s1. The molecule has 1 aliphatic heterocycles. The molecule has 0 saturated carbocycles. The molecule has 3 heterocycles. The molecule has 3 aromatic rings. The first-order valence-corrected chi connectivity index (χ1v) is 11.4. The average Bonchev–Trinajstić information content (AvgIpc) is 3.46. The van der Waals surface area contributed by atoms with Gasteiger partial charge in [-0.05, 0) is 31.9 Å². The molecule has 1 fully saturated rings. The predicted octanol–water partition coefficient (Wildman–Crippen LogP) is 2.74. The Labute approximate surface area is 194 Å². The van der Waals surface area contributed by atoms with E-state index in [9.17, 15) is 14.4 Å². The molecule has 2 N–H and O–H groups in total. The fourth-order valence-corrected chi connectivity index (χ4v) is 4.16. The summed E-state index contributed by atoms with van der Waals surface area (Å²) >= 11 is 1.17. The number of urea groups is 1. The lowest BCUT2D eigenvalue weighted by Crippen LogP contribution is -2.49. The Balaban J connectivity index is 1.50. The number of furan rings is 1. The van der Waals surface area contributed by atoms with Crippen LogP contribution < -0.4 is 10.7 Å². The Morgan fingerprint density at radius 3 is 2.61 bits per heavy atom. The van der Waals surface area contributed by atoms with Gasteiger partial charge in [-0.3, -0.25) is 19.6 Å². The third-order valence-corrected chi connectivity index (χ3v) is 6.50. The number of nitrogens with zero attached hydrogens (tertiary/aromatic N) is 4. The van der Waals surface area contributed by atoms with E-state index < -0.39 is 23.4 Å². The Morgan fingerprint density at radius 1 is 1.21 bits per heavy atom. The zero-order chi connectivity index (χ0) is 23.6. The molecule has 33 heavy (non-hydrogen) atoms. The molecule has 2 aromatic heterocycles. The zero-order valence-corrected chi connectivity index (χ0v) is 19.3. The molecule has 1 atom stereocenters. The van der Waals surface area contributed by atoms with Gasteiger partial charge in [0.2, 0.25) is 5.91 Å². The average molecular weight is 469 g/mol. The molecule has 1 saturated heterocycles. The second-order valence-corrected chi connectivity index (χ2v) is 8.79. The highest BCUT2D eigenvalue weighted by Gasteiger charge is 2.47. The summed E-state index contributed by atoms with van der Waals surface area (Å²) in [6.45, 7) is 5.76. The third-order valence-electron chi connectivity index (χ3n) is 5.54. The molecule has 0 spiro atoms. The fourth-order valence-electron chi connectivity index (χ4n) is 3.43. The van der Waals surface area contributed by atoms with Gasteiger partial charge in [0.25, 0.3) is 5.91 Å². The van der Waals surface area contributed by atoms with E-state index in [2.05, 4.69) is 20.9 Å². The number of aryl methyl sites for hydroxylation is 1. The van der Waals surface area contributed by atoms with Gasteiger partial charge in [-0.2, -0.15) is 5.01 Å². The van der Waals surface area contributed by atoms with Gasteiger partial charge in [0.1, 0.15) is 11.3 Å². The van der Waals surface area contributed by atoms with Crippen molar-refractivity contribution in [1.82, 2.24) is 30.5 Å². The number of aromatic nitrogens is 3. The lowest BCUT2D eigenvalue weighted by molar-refractivity contribution is -0.137. The molecular formula is C22H24N6O4S. The monoisotopic (exact) mass is 468 g/mol. The second-order valence-electron chi connectivity index (χ2n) is 7.85. The normalized spacial score (nSPS) is 18.0. The van der Waals surface area contributed by atoms with E-state index in [1.807, 2.05) is 47.9 Å². The summed E-state index contributed by atoms with van der Waals surface area (Å²) < 4.78 is 7.33. The molecule has 172 valence electrons. The third kappa shape index (κ3) is 4.49. The van der Waals surface area contributed by atoms with Gasteiger partial charge in [0.05, 0.1) is 24.1 Å². The lowest BCUT2D eigenvalue weighted by Gasteiger charge is -2.19. The van der Waals surface area contributed by atoms with Crippen LogP contribution in [0.15, 0.2) is 52.2 Å². The number of benzene rings is 1. The number of hydrogen-bond acceptors (Lipinski definition) is 7. The fraction of sp³-hybridized carbons (Fsp3) is 0.318. The van der Waals surface area contributed by atoms with Gasteiger partial charge >= 0.3 is 6.03 Å². The summed E-state index contributed by atoms with van der Waals surface area (Å²) in [4.78, 5) is 37.2. The van der Waals surface area contributed by atoms with Crippen LogP contribution in [0.4, 0.5) is 4.79 Å². The Hall–Kier alpha value is -3.60. The molecule has 10 nitrogen and oxygen atoms in total. The van der Waals surface area contributed by atoms with Gasteiger partial charge in [-0.1, -0.05) is 49.0 Å². The first kappa shape index (κ1) is 22.6. The van der Waals surface area contributed by atoms with Gasteiger partial charge in [0, 0.05) is 0 Å². The highest BCUT2D eigenvalue weighted by molar-refractivity contribution is 7.99. The number of imide groups is 1. The second kappa shape index (κ2) is 9.10.